The van der Waals surface area contributed by atoms with E-state index in [-0.39, 0.29) is 18.1 Å². The van der Waals surface area contributed by atoms with Gasteiger partial charge in [0.15, 0.2) is 5.82 Å². The molecule has 2 saturated heterocycles. The number of hydrogen-bond donors (Lipinski definition) is 1. The van der Waals surface area contributed by atoms with Gasteiger partial charge in [-0.15, -0.1) is 0 Å². The zero-order valence-electron chi connectivity index (χ0n) is 12.2. The second-order valence-electron chi connectivity index (χ2n) is 6.09. The Morgan fingerprint density at radius 3 is 2.70 bits per heavy atom. The van der Waals surface area contributed by atoms with Gasteiger partial charge in [-0.3, -0.25) is 4.90 Å². The minimum absolute atomic E-state index is 0.0492. The molecule has 0 aliphatic carbocycles. The molecule has 3 rings (SSSR count). The highest BCUT2D eigenvalue weighted by molar-refractivity contribution is 5.02. The van der Waals surface area contributed by atoms with E-state index in [4.69, 9.17) is 9.26 Å². The van der Waals surface area contributed by atoms with Gasteiger partial charge in [-0.1, -0.05) is 19.0 Å². The molecule has 0 amide bonds. The summed E-state index contributed by atoms with van der Waals surface area (Å²) in [5.74, 6) is 1.65. The first kappa shape index (κ1) is 14.0. The lowest BCUT2D eigenvalue weighted by Crippen LogP contribution is -2.39. The molecule has 20 heavy (non-hydrogen) atoms. The molecule has 6 heteroatoms. The van der Waals surface area contributed by atoms with Gasteiger partial charge in [0.25, 0.3) is 0 Å². The first-order valence-corrected chi connectivity index (χ1v) is 7.50. The molecule has 2 atom stereocenters. The van der Waals surface area contributed by atoms with Crippen molar-refractivity contribution < 1.29 is 14.4 Å². The number of rotatable bonds is 3. The molecule has 6 nitrogen and oxygen atoms in total. The summed E-state index contributed by atoms with van der Waals surface area (Å²) >= 11 is 0. The third-order valence-electron chi connectivity index (χ3n) is 4.24. The Labute approximate surface area is 119 Å². The van der Waals surface area contributed by atoms with E-state index < -0.39 is 0 Å². The van der Waals surface area contributed by atoms with E-state index in [1.54, 1.807) is 0 Å². The third kappa shape index (κ3) is 2.73. The molecule has 0 bridgehead atoms. The van der Waals surface area contributed by atoms with Crippen molar-refractivity contribution in [2.45, 2.75) is 57.2 Å². The van der Waals surface area contributed by atoms with Crippen molar-refractivity contribution in [3.05, 3.63) is 11.7 Å². The first-order valence-electron chi connectivity index (χ1n) is 7.50. The maximum absolute atomic E-state index is 10.0. The predicted octanol–water partition coefficient (Wildman–Crippen LogP) is 1.48. The fourth-order valence-corrected chi connectivity index (χ4v) is 3.12. The highest BCUT2D eigenvalue weighted by atomic mass is 16.5. The summed E-state index contributed by atoms with van der Waals surface area (Å²) in [6.45, 7) is 6.38. The first-order chi connectivity index (χ1) is 9.65. The van der Waals surface area contributed by atoms with Crippen molar-refractivity contribution in [1.29, 1.82) is 0 Å². The van der Waals surface area contributed by atoms with Gasteiger partial charge in [-0.25, -0.2) is 0 Å². The number of likely N-dealkylation sites (tertiary alicyclic amines) is 1. The zero-order valence-corrected chi connectivity index (χ0v) is 12.2. The molecule has 112 valence electrons. The van der Waals surface area contributed by atoms with E-state index in [1.165, 1.54) is 0 Å². The summed E-state index contributed by atoms with van der Waals surface area (Å²) in [4.78, 5) is 6.83. The molecule has 2 fully saturated rings. The minimum Gasteiger partial charge on any atom is -0.392 e. The lowest BCUT2D eigenvalue weighted by atomic mass is 10.1. The molecule has 1 aromatic heterocycles. The Bertz CT molecular complexity index is 443. The molecular formula is C14H23N3O3. The maximum Gasteiger partial charge on any atom is 0.244 e. The minimum atomic E-state index is -0.308. The SMILES string of the molecule is CC(C)c1noc(C2CC(O)CN2C2CCOCC2)n1. The van der Waals surface area contributed by atoms with Crippen molar-refractivity contribution in [2.75, 3.05) is 19.8 Å². The Morgan fingerprint density at radius 2 is 2.05 bits per heavy atom. The van der Waals surface area contributed by atoms with Crippen molar-refractivity contribution in [3.63, 3.8) is 0 Å². The second-order valence-corrected chi connectivity index (χ2v) is 6.09. The van der Waals surface area contributed by atoms with Crippen LogP contribution in [0, 0.1) is 0 Å². The Morgan fingerprint density at radius 1 is 1.30 bits per heavy atom. The van der Waals surface area contributed by atoms with Crippen LogP contribution in [0.5, 0.6) is 0 Å². The molecule has 0 spiro atoms. The van der Waals surface area contributed by atoms with Crippen LogP contribution in [0.15, 0.2) is 4.52 Å². The van der Waals surface area contributed by atoms with Crippen molar-refractivity contribution in [1.82, 2.24) is 15.0 Å². The van der Waals surface area contributed by atoms with Crippen LogP contribution in [0.1, 0.15) is 56.8 Å². The smallest absolute Gasteiger partial charge is 0.244 e. The van der Waals surface area contributed by atoms with Gasteiger partial charge < -0.3 is 14.4 Å². The summed E-state index contributed by atoms with van der Waals surface area (Å²) in [7, 11) is 0. The van der Waals surface area contributed by atoms with Gasteiger partial charge in [0.05, 0.1) is 12.1 Å². The normalized spacial score (nSPS) is 29.4. The van der Waals surface area contributed by atoms with E-state index in [0.29, 0.717) is 24.9 Å². The lowest BCUT2D eigenvalue weighted by Gasteiger charge is -2.33. The molecular weight excluding hydrogens is 258 g/mol. The Balaban J connectivity index is 1.78. The van der Waals surface area contributed by atoms with Crippen LogP contribution in [-0.2, 0) is 4.74 Å². The highest BCUT2D eigenvalue weighted by Gasteiger charge is 2.40. The average molecular weight is 281 g/mol. The summed E-state index contributed by atoms with van der Waals surface area (Å²) in [6, 6.07) is 0.494. The van der Waals surface area contributed by atoms with Crippen LogP contribution in [0.4, 0.5) is 0 Å². The van der Waals surface area contributed by atoms with E-state index in [9.17, 15) is 5.11 Å². The summed E-state index contributed by atoms with van der Waals surface area (Å²) in [5, 5.41) is 14.1. The Hall–Kier alpha value is -0.980. The molecule has 0 aromatic carbocycles. The topological polar surface area (TPSA) is 71.6 Å². The molecule has 1 aromatic rings. The molecule has 2 unspecified atom stereocenters. The van der Waals surface area contributed by atoms with Gasteiger partial charge in [0.2, 0.25) is 5.89 Å². The number of hydrogen-bond acceptors (Lipinski definition) is 6. The van der Waals surface area contributed by atoms with Crippen molar-refractivity contribution in [2.24, 2.45) is 0 Å². The molecule has 0 radical (unpaired) electrons. The number of aliphatic hydroxyl groups excluding tert-OH is 1. The fraction of sp³-hybridized carbons (Fsp3) is 0.857. The Kier molecular flexibility index (Phi) is 4.05. The molecule has 3 heterocycles. The number of aliphatic hydroxyl groups is 1. The van der Waals surface area contributed by atoms with Gasteiger partial charge in [0.1, 0.15) is 0 Å². The van der Waals surface area contributed by atoms with E-state index in [1.807, 2.05) is 13.8 Å². The third-order valence-corrected chi connectivity index (χ3v) is 4.24. The van der Waals surface area contributed by atoms with Crippen LogP contribution < -0.4 is 0 Å². The quantitative estimate of drug-likeness (QED) is 0.905. The highest BCUT2D eigenvalue weighted by Crippen LogP contribution is 2.35. The van der Waals surface area contributed by atoms with Gasteiger partial charge in [0, 0.05) is 31.7 Å². The van der Waals surface area contributed by atoms with Crippen LogP contribution in [0.3, 0.4) is 0 Å². The fourth-order valence-electron chi connectivity index (χ4n) is 3.12. The van der Waals surface area contributed by atoms with Crippen molar-refractivity contribution >= 4 is 0 Å². The second kappa shape index (κ2) is 5.79. The summed E-state index contributed by atoms with van der Waals surface area (Å²) in [6.07, 6.45) is 2.39. The standard InChI is InChI=1S/C14H23N3O3/c1-9(2)13-15-14(20-16-13)12-7-11(18)8-17(12)10-3-5-19-6-4-10/h9-12,18H,3-8H2,1-2H3. The van der Waals surface area contributed by atoms with Crippen LogP contribution in [0.25, 0.3) is 0 Å². The predicted molar refractivity (Wildman–Crippen MR) is 72.3 cm³/mol. The molecule has 2 aliphatic heterocycles. The lowest BCUT2D eigenvalue weighted by molar-refractivity contribution is 0.0214. The monoisotopic (exact) mass is 281 g/mol. The van der Waals surface area contributed by atoms with E-state index in [2.05, 4.69) is 15.0 Å². The van der Waals surface area contributed by atoms with Crippen LogP contribution in [0.2, 0.25) is 0 Å². The van der Waals surface area contributed by atoms with Crippen LogP contribution >= 0.6 is 0 Å². The molecule has 0 saturated carbocycles. The largest absolute Gasteiger partial charge is 0.392 e. The number of aromatic nitrogens is 2. The number of ether oxygens (including phenoxy) is 1. The van der Waals surface area contributed by atoms with E-state index in [0.717, 1.165) is 31.9 Å². The molecule has 2 aliphatic rings. The molecule has 1 N–H and O–H groups in total. The number of nitrogens with zero attached hydrogens (tertiary/aromatic N) is 3. The van der Waals surface area contributed by atoms with Gasteiger partial charge in [-0.05, 0) is 19.3 Å². The maximum atomic E-state index is 10.0. The van der Waals surface area contributed by atoms with Gasteiger partial charge in [-0.2, -0.15) is 4.98 Å². The summed E-state index contributed by atoms with van der Waals surface area (Å²) in [5.41, 5.74) is 0. The van der Waals surface area contributed by atoms with Crippen LogP contribution in [-0.4, -0.2) is 52.1 Å². The zero-order chi connectivity index (χ0) is 14.1. The average Bonchev–Trinajstić information content (AvgIpc) is 3.06. The summed E-state index contributed by atoms with van der Waals surface area (Å²) < 4.78 is 10.9. The van der Waals surface area contributed by atoms with E-state index >= 15 is 0 Å². The number of β-amino-alcohol motifs (C(OH)–C–C–N with tert-alkyl or cyclic N) is 1. The van der Waals surface area contributed by atoms with Gasteiger partial charge >= 0.3 is 0 Å². The van der Waals surface area contributed by atoms with Crippen molar-refractivity contribution in [3.8, 4) is 0 Å².